The van der Waals surface area contributed by atoms with Gasteiger partial charge in [-0.1, -0.05) is 56.7 Å². The van der Waals surface area contributed by atoms with E-state index in [2.05, 4.69) is 57.5 Å². The molecule has 0 saturated carbocycles. The van der Waals surface area contributed by atoms with Crippen molar-refractivity contribution in [3.63, 3.8) is 0 Å². The van der Waals surface area contributed by atoms with Gasteiger partial charge in [0.2, 0.25) is 0 Å². The second-order valence-corrected chi connectivity index (χ2v) is 4.52. The summed E-state index contributed by atoms with van der Waals surface area (Å²) in [6.07, 6.45) is 5.67. The van der Waals surface area contributed by atoms with Crippen molar-refractivity contribution in [2.75, 3.05) is 0 Å². The molecule has 0 nitrogen and oxygen atoms in total. The molecular formula is C13H14. The van der Waals surface area contributed by atoms with Crippen LogP contribution in [0.3, 0.4) is 0 Å². The third-order valence-corrected chi connectivity index (χ3v) is 2.34. The molecule has 1 aliphatic rings. The van der Waals surface area contributed by atoms with Gasteiger partial charge in [0.05, 0.1) is 0 Å². The maximum Gasteiger partial charge on any atom is 0.0469 e. The van der Waals surface area contributed by atoms with Gasteiger partial charge in [0.15, 0.2) is 0 Å². The second-order valence-electron chi connectivity index (χ2n) is 4.52. The van der Waals surface area contributed by atoms with Crippen LogP contribution in [0.2, 0.25) is 0 Å². The Kier molecular flexibility index (Phi) is 1.80. The number of fused-ring (bicyclic) bond motifs is 1. The zero-order valence-corrected chi connectivity index (χ0v) is 8.39. The highest BCUT2D eigenvalue weighted by molar-refractivity contribution is 5.70. The van der Waals surface area contributed by atoms with Crippen LogP contribution < -0.4 is 0 Å². The Balaban J connectivity index is 2.37. The van der Waals surface area contributed by atoms with Gasteiger partial charge in [-0.25, -0.2) is 0 Å². The molecule has 2 radical (unpaired) electrons. The van der Waals surface area contributed by atoms with Gasteiger partial charge in [-0.3, -0.25) is 0 Å². The van der Waals surface area contributed by atoms with Gasteiger partial charge in [-0.2, -0.15) is 0 Å². The van der Waals surface area contributed by atoms with E-state index in [1.54, 1.807) is 0 Å². The number of hydrogen-bond donors (Lipinski definition) is 0. The van der Waals surface area contributed by atoms with Crippen LogP contribution in [0.4, 0.5) is 0 Å². The van der Waals surface area contributed by atoms with Crippen LogP contribution in [0.5, 0.6) is 0 Å². The summed E-state index contributed by atoms with van der Waals surface area (Å²) in [6.45, 7) is 6.66. The number of hydrogen-bond acceptors (Lipinski definition) is 0. The van der Waals surface area contributed by atoms with Crippen molar-refractivity contribution < 1.29 is 0 Å². The van der Waals surface area contributed by atoms with Crippen LogP contribution in [0.25, 0.3) is 6.08 Å². The Morgan fingerprint density at radius 2 is 1.77 bits per heavy atom. The Morgan fingerprint density at radius 3 is 2.38 bits per heavy atom. The zero-order chi connectivity index (χ0) is 9.47. The molecule has 0 heterocycles. The summed E-state index contributed by atoms with van der Waals surface area (Å²) in [4.78, 5) is 0. The molecule has 13 heavy (non-hydrogen) atoms. The topological polar surface area (TPSA) is 0 Å². The third kappa shape index (κ3) is 1.53. The fraction of sp³-hybridized carbons (Fsp3) is 0.308. The van der Waals surface area contributed by atoms with Crippen LogP contribution in [-0.4, -0.2) is 0 Å². The van der Waals surface area contributed by atoms with Crippen LogP contribution in [-0.2, 0) is 0 Å². The van der Waals surface area contributed by atoms with Crippen molar-refractivity contribution in [2.24, 2.45) is 5.41 Å². The molecule has 0 aromatic heterocycles. The maximum atomic E-state index is 3.44. The van der Waals surface area contributed by atoms with E-state index in [9.17, 15) is 0 Å². The summed E-state index contributed by atoms with van der Waals surface area (Å²) >= 11 is 0. The first-order valence-electron chi connectivity index (χ1n) is 4.65. The van der Waals surface area contributed by atoms with E-state index in [0.717, 1.165) is 0 Å². The van der Waals surface area contributed by atoms with E-state index in [4.69, 9.17) is 0 Å². The molecule has 1 aliphatic carbocycles. The van der Waals surface area contributed by atoms with Crippen molar-refractivity contribution in [3.05, 3.63) is 47.4 Å². The van der Waals surface area contributed by atoms with Crippen molar-refractivity contribution in [3.8, 4) is 0 Å². The molecule has 0 aliphatic heterocycles. The van der Waals surface area contributed by atoms with E-state index in [1.165, 1.54) is 16.7 Å². The Morgan fingerprint density at radius 1 is 1.08 bits per heavy atom. The largest absolute Gasteiger partial charge is 0.0619 e. The van der Waals surface area contributed by atoms with Gasteiger partial charge in [0, 0.05) is 6.42 Å². The molecule has 0 fully saturated rings. The minimum atomic E-state index is 0.207. The zero-order valence-electron chi connectivity index (χ0n) is 8.39. The SMILES string of the molecule is CC(C)(C)C1=Cc2ccccc2[C]1. The third-order valence-electron chi connectivity index (χ3n) is 2.34. The molecule has 66 valence electrons. The van der Waals surface area contributed by atoms with Gasteiger partial charge in [0.1, 0.15) is 0 Å². The van der Waals surface area contributed by atoms with E-state index in [1.807, 2.05) is 0 Å². The van der Waals surface area contributed by atoms with Crippen molar-refractivity contribution in [2.45, 2.75) is 20.8 Å². The molecule has 0 bridgehead atoms. The van der Waals surface area contributed by atoms with Gasteiger partial charge in [0.25, 0.3) is 0 Å². The molecule has 0 amide bonds. The molecule has 1 aromatic rings. The quantitative estimate of drug-likeness (QED) is 0.558. The van der Waals surface area contributed by atoms with Crippen molar-refractivity contribution in [1.82, 2.24) is 0 Å². The molecule has 0 spiro atoms. The highest BCUT2D eigenvalue weighted by Gasteiger charge is 2.22. The van der Waals surface area contributed by atoms with Crippen LogP contribution in [0.1, 0.15) is 31.9 Å². The lowest BCUT2D eigenvalue weighted by atomic mass is 9.85. The average Bonchev–Trinajstić information content (AvgIpc) is 2.45. The number of rotatable bonds is 0. The van der Waals surface area contributed by atoms with Gasteiger partial charge >= 0.3 is 0 Å². The lowest BCUT2D eigenvalue weighted by Gasteiger charge is -2.19. The molecule has 0 atom stereocenters. The predicted molar refractivity (Wildman–Crippen MR) is 56.2 cm³/mol. The molecule has 0 N–H and O–H groups in total. The highest BCUT2D eigenvalue weighted by Crippen LogP contribution is 2.37. The molecule has 0 saturated heterocycles. The van der Waals surface area contributed by atoms with E-state index in [-0.39, 0.29) is 5.41 Å². The average molecular weight is 170 g/mol. The van der Waals surface area contributed by atoms with Gasteiger partial charge in [-0.15, -0.1) is 0 Å². The predicted octanol–water partition coefficient (Wildman–Crippen LogP) is 3.56. The first-order chi connectivity index (χ1) is 6.07. The summed E-state index contributed by atoms with van der Waals surface area (Å²) in [6, 6.07) is 8.39. The standard InChI is InChI=1S/C13H14/c1-13(2,3)12-8-10-6-4-5-7-11(10)9-12/h4-8H,1-3H3. The van der Waals surface area contributed by atoms with E-state index >= 15 is 0 Å². The minimum Gasteiger partial charge on any atom is -0.0619 e. The summed E-state index contributed by atoms with van der Waals surface area (Å²) in [5.41, 5.74) is 4.03. The van der Waals surface area contributed by atoms with Crippen molar-refractivity contribution >= 4 is 6.08 Å². The smallest absolute Gasteiger partial charge is 0.0469 e. The lowest BCUT2D eigenvalue weighted by molar-refractivity contribution is 0.516. The van der Waals surface area contributed by atoms with Crippen molar-refractivity contribution in [1.29, 1.82) is 0 Å². The first-order valence-corrected chi connectivity index (χ1v) is 4.65. The molecule has 0 unspecified atom stereocenters. The second kappa shape index (κ2) is 2.73. The normalized spacial score (nSPS) is 15.5. The number of allylic oxidation sites excluding steroid dienone is 1. The minimum absolute atomic E-state index is 0.207. The fourth-order valence-corrected chi connectivity index (χ4v) is 1.48. The first kappa shape index (κ1) is 8.55. The Labute approximate surface area is 80.3 Å². The highest BCUT2D eigenvalue weighted by atomic mass is 14.3. The lowest BCUT2D eigenvalue weighted by Crippen LogP contribution is -2.07. The fourth-order valence-electron chi connectivity index (χ4n) is 1.48. The summed E-state index contributed by atoms with van der Waals surface area (Å²) < 4.78 is 0. The van der Waals surface area contributed by atoms with Crippen LogP contribution in [0.15, 0.2) is 29.8 Å². The summed E-state index contributed by atoms with van der Waals surface area (Å²) in [5.74, 6) is 0. The monoisotopic (exact) mass is 170 g/mol. The van der Waals surface area contributed by atoms with Gasteiger partial charge < -0.3 is 0 Å². The van der Waals surface area contributed by atoms with Crippen LogP contribution in [0, 0.1) is 11.8 Å². The Hall–Kier alpha value is -1.04. The Bertz CT molecular complexity index is 351. The van der Waals surface area contributed by atoms with E-state index in [0.29, 0.717) is 0 Å². The maximum absolute atomic E-state index is 3.44. The summed E-state index contributed by atoms with van der Waals surface area (Å²) in [7, 11) is 0. The molecular weight excluding hydrogens is 156 g/mol. The molecule has 0 heteroatoms. The molecule has 2 rings (SSSR count). The summed E-state index contributed by atoms with van der Waals surface area (Å²) in [5, 5.41) is 0. The number of benzene rings is 1. The van der Waals surface area contributed by atoms with E-state index < -0.39 is 0 Å². The molecule has 1 aromatic carbocycles. The van der Waals surface area contributed by atoms with Crippen LogP contribution >= 0.6 is 0 Å². The van der Waals surface area contributed by atoms with Gasteiger partial charge in [-0.05, 0) is 16.5 Å².